The third kappa shape index (κ3) is 4.74. The van der Waals surface area contributed by atoms with Crippen molar-refractivity contribution in [1.82, 2.24) is 15.2 Å². The van der Waals surface area contributed by atoms with Crippen molar-refractivity contribution < 1.29 is 22.7 Å². The van der Waals surface area contributed by atoms with Crippen LogP contribution in [0.2, 0.25) is 0 Å². The smallest absolute Gasteiger partial charge is 0.251 e. The summed E-state index contributed by atoms with van der Waals surface area (Å²) in [5.74, 6) is -3.42. The number of aromatic nitrogens is 1. The molecule has 1 fully saturated rings. The predicted molar refractivity (Wildman–Crippen MR) is 136 cm³/mol. The van der Waals surface area contributed by atoms with Crippen molar-refractivity contribution in [3.63, 3.8) is 0 Å². The van der Waals surface area contributed by atoms with Crippen LogP contribution in [-0.4, -0.2) is 62.7 Å². The maximum atomic E-state index is 15.6. The topological polar surface area (TPSA) is 83.7 Å². The Morgan fingerprint density at radius 1 is 1.03 bits per heavy atom. The monoisotopic (exact) mass is 511 g/mol. The minimum atomic E-state index is -1.15. The molecule has 1 saturated heterocycles. The molecule has 0 saturated carbocycles. The summed E-state index contributed by atoms with van der Waals surface area (Å²) in [4.78, 5) is 19.5. The maximum Gasteiger partial charge on any atom is 0.251 e. The van der Waals surface area contributed by atoms with Crippen molar-refractivity contribution in [3.05, 3.63) is 64.6 Å². The highest BCUT2D eigenvalue weighted by Crippen LogP contribution is 2.38. The number of fused-ring (bicyclic) bond motifs is 1. The number of morpholine rings is 1. The lowest BCUT2D eigenvalue weighted by molar-refractivity contribution is 0.0946. The maximum absolute atomic E-state index is 15.6. The minimum absolute atomic E-state index is 0.0826. The Bertz CT molecular complexity index is 1370. The number of amides is 1. The second-order valence-electron chi connectivity index (χ2n) is 9.53. The van der Waals surface area contributed by atoms with Crippen LogP contribution in [0, 0.1) is 17.6 Å². The summed E-state index contributed by atoms with van der Waals surface area (Å²) in [7, 11) is 3.65. The van der Waals surface area contributed by atoms with Gasteiger partial charge in [-0.2, -0.15) is 4.39 Å². The molecule has 1 amide bonds. The summed E-state index contributed by atoms with van der Waals surface area (Å²) < 4.78 is 51.7. The number of nitrogens with one attached hydrogen (secondary N) is 1. The molecule has 0 spiro atoms. The van der Waals surface area contributed by atoms with Crippen LogP contribution in [0.25, 0.3) is 22.3 Å². The second-order valence-corrected chi connectivity index (χ2v) is 9.53. The van der Waals surface area contributed by atoms with Gasteiger partial charge in [-0.1, -0.05) is 12.1 Å². The molecule has 194 valence electrons. The van der Waals surface area contributed by atoms with Gasteiger partial charge in [-0.25, -0.2) is 13.8 Å². The molecule has 3 aromatic rings. The summed E-state index contributed by atoms with van der Waals surface area (Å²) in [6, 6.07) is 8.05. The first-order valence-electron chi connectivity index (χ1n) is 12.1. The number of nitrogens with two attached hydrogens (primary N) is 1. The van der Waals surface area contributed by atoms with Crippen LogP contribution in [0.5, 0.6) is 0 Å². The van der Waals surface area contributed by atoms with Crippen molar-refractivity contribution in [1.29, 1.82) is 0 Å². The molecule has 2 aromatic carbocycles. The molecule has 0 bridgehead atoms. The van der Waals surface area contributed by atoms with E-state index in [1.54, 1.807) is 23.1 Å². The summed E-state index contributed by atoms with van der Waals surface area (Å²) in [6.45, 7) is 2.49. The van der Waals surface area contributed by atoms with Gasteiger partial charge in [0.25, 0.3) is 5.91 Å². The molecule has 5 rings (SSSR count). The standard InChI is InChI=1S/C27H28F3N5O2/c1-34(2)14-17-12-20(22(28)23(29)24(17)35-7-9-37-10-8-35)21-13-19(26(31)33-25(21)30)15-3-4-18-16(11-15)5-6-32-27(18)36/h3-4,11-13H,5-10,14H2,1-2H3,(H2,31,33)(H,32,36). The Hall–Kier alpha value is -3.63. The van der Waals surface area contributed by atoms with Crippen molar-refractivity contribution in [2.75, 3.05) is 57.6 Å². The van der Waals surface area contributed by atoms with Gasteiger partial charge < -0.3 is 25.6 Å². The lowest BCUT2D eigenvalue weighted by Gasteiger charge is -2.32. The molecule has 0 unspecified atom stereocenters. The van der Waals surface area contributed by atoms with Gasteiger partial charge in [0, 0.05) is 48.4 Å². The van der Waals surface area contributed by atoms with E-state index < -0.39 is 17.6 Å². The van der Waals surface area contributed by atoms with Gasteiger partial charge >= 0.3 is 0 Å². The zero-order valence-corrected chi connectivity index (χ0v) is 20.7. The summed E-state index contributed by atoms with van der Waals surface area (Å²) in [5.41, 5.74) is 8.70. The van der Waals surface area contributed by atoms with Gasteiger partial charge in [-0.05, 0) is 55.4 Å². The van der Waals surface area contributed by atoms with Gasteiger partial charge in [-0.15, -0.1) is 0 Å². The fourth-order valence-electron chi connectivity index (χ4n) is 4.97. The Morgan fingerprint density at radius 2 is 1.78 bits per heavy atom. The predicted octanol–water partition coefficient (Wildman–Crippen LogP) is 3.60. The van der Waals surface area contributed by atoms with E-state index in [-0.39, 0.29) is 28.5 Å². The number of nitrogens with zero attached hydrogens (tertiary/aromatic N) is 3. The highest BCUT2D eigenvalue weighted by molar-refractivity contribution is 5.97. The number of benzene rings is 2. The second kappa shape index (κ2) is 10.0. The van der Waals surface area contributed by atoms with Crippen molar-refractivity contribution in [2.24, 2.45) is 0 Å². The number of ether oxygens (including phenoxy) is 1. The Morgan fingerprint density at radius 3 is 2.51 bits per heavy atom. The molecular weight excluding hydrogens is 483 g/mol. The van der Waals surface area contributed by atoms with E-state index in [4.69, 9.17) is 10.5 Å². The first-order valence-corrected chi connectivity index (χ1v) is 12.1. The third-order valence-electron chi connectivity index (χ3n) is 6.71. The van der Waals surface area contributed by atoms with Crippen molar-refractivity contribution in [3.8, 4) is 22.3 Å². The number of halogens is 3. The van der Waals surface area contributed by atoms with E-state index in [1.807, 2.05) is 19.0 Å². The van der Waals surface area contributed by atoms with Crippen molar-refractivity contribution in [2.45, 2.75) is 13.0 Å². The van der Waals surface area contributed by atoms with E-state index in [9.17, 15) is 4.79 Å². The third-order valence-corrected chi connectivity index (χ3v) is 6.71. The molecule has 3 N–H and O–H groups in total. The summed E-state index contributed by atoms with van der Waals surface area (Å²) in [6.07, 6.45) is 0.632. The molecule has 10 heteroatoms. The van der Waals surface area contributed by atoms with E-state index in [1.165, 1.54) is 12.1 Å². The molecular formula is C27H28F3N5O2. The summed E-state index contributed by atoms with van der Waals surface area (Å²) >= 11 is 0. The van der Waals surface area contributed by atoms with Crippen LogP contribution in [0.3, 0.4) is 0 Å². The van der Waals surface area contributed by atoms with Crippen LogP contribution < -0.4 is 16.0 Å². The highest BCUT2D eigenvalue weighted by Gasteiger charge is 2.27. The lowest BCUT2D eigenvalue weighted by atomic mass is 9.93. The largest absolute Gasteiger partial charge is 0.383 e. The van der Waals surface area contributed by atoms with Crippen LogP contribution >= 0.6 is 0 Å². The normalized spacial score (nSPS) is 15.6. The minimum Gasteiger partial charge on any atom is -0.383 e. The van der Waals surface area contributed by atoms with Gasteiger partial charge in [0.1, 0.15) is 5.82 Å². The molecule has 7 nitrogen and oxygen atoms in total. The highest BCUT2D eigenvalue weighted by atomic mass is 19.2. The van der Waals surface area contributed by atoms with Gasteiger partial charge in [-0.3, -0.25) is 4.79 Å². The fourth-order valence-corrected chi connectivity index (χ4v) is 4.97. The molecule has 0 radical (unpaired) electrons. The Labute approximate surface area is 213 Å². The van der Waals surface area contributed by atoms with Crippen LogP contribution in [-0.2, 0) is 17.7 Å². The zero-order valence-electron chi connectivity index (χ0n) is 20.7. The fraction of sp³-hybridized carbons (Fsp3) is 0.333. The molecule has 3 heterocycles. The van der Waals surface area contributed by atoms with Gasteiger partial charge in [0.05, 0.1) is 18.9 Å². The molecule has 2 aliphatic rings. The summed E-state index contributed by atoms with van der Waals surface area (Å²) in [5, 5.41) is 2.79. The number of hydrogen-bond acceptors (Lipinski definition) is 6. The average molecular weight is 512 g/mol. The van der Waals surface area contributed by atoms with Gasteiger partial charge in [0.2, 0.25) is 5.95 Å². The van der Waals surface area contributed by atoms with E-state index in [0.717, 1.165) is 5.56 Å². The van der Waals surface area contributed by atoms with Crippen LogP contribution in [0.15, 0.2) is 30.3 Å². The van der Waals surface area contributed by atoms with E-state index in [0.29, 0.717) is 68.1 Å². The number of anilines is 2. The van der Waals surface area contributed by atoms with E-state index in [2.05, 4.69) is 10.3 Å². The molecule has 1 aromatic heterocycles. The van der Waals surface area contributed by atoms with Crippen molar-refractivity contribution >= 4 is 17.4 Å². The number of carbonyl (C=O) groups is 1. The zero-order chi connectivity index (χ0) is 26.3. The van der Waals surface area contributed by atoms with Crippen LogP contribution in [0.4, 0.5) is 24.7 Å². The molecule has 2 aliphatic heterocycles. The first-order chi connectivity index (χ1) is 17.7. The first kappa shape index (κ1) is 25.0. The number of pyridine rings is 1. The lowest BCUT2D eigenvalue weighted by Crippen LogP contribution is -2.38. The Balaban J connectivity index is 1.64. The molecule has 0 aliphatic carbocycles. The number of hydrogen-bond donors (Lipinski definition) is 2. The average Bonchev–Trinajstić information content (AvgIpc) is 2.87. The molecule has 37 heavy (non-hydrogen) atoms. The van der Waals surface area contributed by atoms with E-state index >= 15 is 13.2 Å². The quantitative estimate of drug-likeness (QED) is 0.510. The van der Waals surface area contributed by atoms with Gasteiger partial charge in [0.15, 0.2) is 11.6 Å². The Kier molecular flexibility index (Phi) is 6.78. The number of nitrogen functional groups attached to an aromatic ring is 1. The SMILES string of the molecule is CN(C)Cc1cc(-c2cc(-c3ccc4c(c3)CCNC4=O)c(N)nc2F)c(F)c(F)c1N1CCOCC1. The molecule has 0 atom stereocenters. The number of carbonyl (C=O) groups excluding carboxylic acids is 1. The van der Waals surface area contributed by atoms with Crippen LogP contribution in [0.1, 0.15) is 21.5 Å². The number of rotatable bonds is 5.